The molecule has 8 nitrogen and oxygen atoms in total. The van der Waals surface area contributed by atoms with Crippen molar-refractivity contribution in [3.8, 4) is 11.5 Å². The Balaban J connectivity index is 1.60. The minimum absolute atomic E-state index is 0.0705. The van der Waals surface area contributed by atoms with Gasteiger partial charge in [0.2, 0.25) is 10.0 Å². The van der Waals surface area contributed by atoms with E-state index in [1.165, 1.54) is 23.9 Å². The van der Waals surface area contributed by atoms with E-state index >= 15 is 0 Å². The first kappa shape index (κ1) is 26.1. The van der Waals surface area contributed by atoms with Gasteiger partial charge in [0.1, 0.15) is 23.0 Å². The number of hydrogen-bond donors (Lipinski definition) is 0. The summed E-state index contributed by atoms with van der Waals surface area (Å²) in [6.07, 6.45) is 3.36. The number of esters is 1. The average molecular weight is 540 g/mol. The standard InChI is InChI=1S/C24H24ClF2N3O5S/c1-3-34-24(31)14-30-21-6-4-5-20(17(21)13-28-30)29(2)36(32,33)23-12-19(27)22(11-18(23)25)35-16-9-7-15(26)8-10-16/h7-13,20H,3-6,14H2,1-2H3. The van der Waals surface area contributed by atoms with Gasteiger partial charge in [-0.1, -0.05) is 11.6 Å². The molecule has 0 amide bonds. The van der Waals surface area contributed by atoms with E-state index in [1.54, 1.807) is 13.1 Å². The molecule has 1 aliphatic rings. The summed E-state index contributed by atoms with van der Waals surface area (Å²) in [5.41, 5.74) is 1.42. The summed E-state index contributed by atoms with van der Waals surface area (Å²) in [5, 5.41) is 4.04. The molecule has 0 N–H and O–H groups in total. The topological polar surface area (TPSA) is 90.7 Å². The molecule has 0 saturated carbocycles. The fourth-order valence-corrected chi connectivity index (χ4v) is 6.04. The molecule has 1 atom stereocenters. The zero-order valence-electron chi connectivity index (χ0n) is 19.6. The normalized spacial score (nSPS) is 15.6. The summed E-state index contributed by atoms with van der Waals surface area (Å²) in [6, 6.07) is 6.22. The van der Waals surface area contributed by atoms with Crippen LogP contribution in [0.2, 0.25) is 5.02 Å². The van der Waals surface area contributed by atoms with Crippen LogP contribution in [0.5, 0.6) is 11.5 Å². The van der Waals surface area contributed by atoms with Crippen molar-refractivity contribution in [3.63, 3.8) is 0 Å². The summed E-state index contributed by atoms with van der Waals surface area (Å²) >= 11 is 6.27. The maximum absolute atomic E-state index is 14.9. The summed E-state index contributed by atoms with van der Waals surface area (Å²) in [5.74, 6) is -2.00. The van der Waals surface area contributed by atoms with E-state index in [0.717, 1.165) is 34.3 Å². The second kappa shape index (κ2) is 10.5. The monoisotopic (exact) mass is 539 g/mol. The molecule has 4 rings (SSSR count). The molecule has 1 unspecified atom stereocenters. The fourth-order valence-electron chi connectivity index (χ4n) is 4.18. The van der Waals surface area contributed by atoms with Crippen molar-refractivity contribution in [2.24, 2.45) is 0 Å². The number of sulfonamides is 1. The first-order valence-corrected chi connectivity index (χ1v) is 13.0. The number of ether oxygens (including phenoxy) is 2. The number of carbonyl (C=O) groups excluding carboxylic acids is 1. The predicted octanol–water partition coefficient (Wildman–Crippen LogP) is 4.87. The quantitative estimate of drug-likeness (QED) is 0.379. The SMILES string of the molecule is CCOC(=O)Cn1ncc2c1CCCC2N(C)S(=O)(=O)c1cc(F)c(Oc2ccc(F)cc2)cc1Cl. The molecule has 1 aliphatic carbocycles. The van der Waals surface area contributed by atoms with E-state index in [-0.39, 0.29) is 29.7 Å². The largest absolute Gasteiger partial charge is 0.465 e. The molecule has 0 aliphatic heterocycles. The van der Waals surface area contributed by atoms with Crippen LogP contribution in [-0.4, -0.2) is 42.1 Å². The van der Waals surface area contributed by atoms with Crippen LogP contribution in [0.4, 0.5) is 8.78 Å². The second-order valence-electron chi connectivity index (χ2n) is 8.21. The first-order chi connectivity index (χ1) is 17.1. The van der Waals surface area contributed by atoms with Gasteiger partial charge in [0, 0.05) is 24.4 Å². The molecule has 0 saturated heterocycles. The van der Waals surface area contributed by atoms with E-state index < -0.39 is 38.6 Å². The molecule has 3 aromatic rings. The predicted molar refractivity (Wildman–Crippen MR) is 127 cm³/mol. The van der Waals surface area contributed by atoms with E-state index in [9.17, 15) is 22.0 Å². The molecule has 0 radical (unpaired) electrons. The number of aromatic nitrogens is 2. The number of halogens is 3. The molecule has 0 fully saturated rings. The van der Waals surface area contributed by atoms with Crippen molar-refractivity contribution in [1.82, 2.24) is 14.1 Å². The maximum atomic E-state index is 14.9. The van der Waals surface area contributed by atoms with Crippen molar-refractivity contribution >= 4 is 27.6 Å². The van der Waals surface area contributed by atoms with Crippen LogP contribution in [0.15, 0.2) is 47.5 Å². The summed E-state index contributed by atoms with van der Waals surface area (Å²) in [7, 11) is -2.83. The number of benzene rings is 2. The first-order valence-electron chi connectivity index (χ1n) is 11.2. The van der Waals surface area contributed by atoms with E-state index in [2.05, 4.69) is 5.10 Å². The van der Waals surface area contributed by atoms with Crippen LogP contribution < -0.4 is 4.74 Å². The van der Waals surface area contributed by atoms with Gasteiger partial charge in [-0.05, 0) is 56.5 Å². The van der Waals surface area contributed by atoms with Crippen LogP contribution in [0.25, 0.3) is 0 Å². The fraction of sp³-hybridized carbons (Fsp3) is 0.333. The highest BCUT2D eigenvalue weighted by Crippen LogP contribution is 2.39. The third kappa shape index (κ3) is 5.23. The average Bonchev–Trinajstić information content (AvgIpc) is 3.25. The zero-order valence-corrected chi connectivity index (χ0v) is 21.2. The lowest BCUT2D eigenvalue weighted by Gasteiger charge is -2.31. The zero-order chi connectivity index (χ0) is 26.0. The van der Waals surface area contributed by atoms with Gasteiger partial charge in [0.25, 0.3) is 0 Å². The molecule has 12 heteroatoms. The van der Waals surface area contributed by atoms with Crippen molar-refractivity contribution in [1.29, 1.82) is 0 Å². The molecule has 0 spiro atoms. The number of rotatable bonds is 8. The maximum Gasteiger partial charge on any atom is 0.327 e. The molecular formula is C24H24ClF2N3O5S. The highest BCUT2D eigenvalue weighted by Gasteiger charge is 2.36. The molecule has 1 aromatic heterocycles. The second-order valence-corrected chi connectivity index (χ2v) is 10.6. The third-order valence-electron chi connectivity index (χ3n) is 5.94. The highest BCUT2D eigenvalue weighted by atomic mass is 35.5. The Morgan fingerprint density at radius 2 is 1.97 bits per heavy atom. The Labute approximate surface area is 212 Å². The Morgan fingerprint density at radius 3 is 2.67 bits per heavy atom. The Bertz CT molecular complexity index is 1380. The summed E-state index contributed by atoms with van der Waals surface area (Å²) in [6.45, 7) is 1.89. The molecule has 2 aromatic carbocycles. The van der Waals surface area contributed by atoms with Crippen molar-refractivity contribution in [2.75, 3.05) is 13.7 Å². The van der Waals surface area contributed by atoms with Crippen LogP contribution in [0.1, 0.15) is 37.1 Å². The van der Waals surface area contributed by atoms with Crippen LogP contribution in [-0.2, 0) is 32.5 Å². The highest BCUT2D eigenvalue weighted by molar-refractivity contribution is 7.89. The van der Waals surface area contributed by atoms with Gasteiger partial charge in [0.15, 0.2) is 11.6 Å². The van der Waals surface area contributed by atoms with Crippen LogP contribution >= 0.6 is 11.6 Å². The van der Waals surface area contributed by atoms with Crippen molar-refractivity contribution in [3.05, 3.63) is 70.5 Å². The molecule has 0 bridgehead atoms. The molecule has 1 heterocycles. The number of fused-ring (bicyclic) bond motifs is 1. The smallest absolute Gasteiger partial charge is 0.327 e. The number of nitrogens with zero attached hydrogens (tertiary/aromatic N) is 3. The van der Waals surface area contributed by atoms with Gasteiger partial charge in [-0.25, -0.2) is 17.2 Å². The van der Waals surface area contributed by atoms with Gasteiger partial charge in [-0.3, -0.25) is 9.48 Å². The molecule has 36 heavy (non-hydrogen) atoms. The van der Waals surface area contributed by atoms with Crippen LogP contribution in [0, 0.1) is 11.6 Å². The van der Waals surface area contributed by atoms with E-state index in [0.29, 0.717) is 24.8 Å². The molecular weight excluding hydrogens is 516 g/mol. The van der Waals surface area contributed by atoms with Crippen molar-refractivity contribution < 1.29 is 31.5 Å². The minimum atomic E-state index is -4.22. The van der Waals surface area contributed by atoms with Crippen molar-refractivity contribution in [2.45, 2.75) is 43.7 Å². The van der Waals surface area contributed by atoms with Crippen LogP contribution in [0.3, 0.4) is 0 Å². The lowest BCUT2D eigenvalue weighted by atomic mass is 9.93. The van der Waals surface area contributed by atoms with Gasteiger partial charge in [-0.2, -0.15) is 9.40 Å². The van der Waals surface area contributed by atoms with Gasteiger partial charge < -0.3 is 9.47 Å². The lowest BCUT2D eigenvalue weighted by molar-refractivity contribution is -0.144. The van der Waals surface area contributed by atoms with E-state index in [4.69, 9.17) is 21.1 Å². The number of carbonyl (C=O) groups is 1. The Hall–Kier alpha value is -3.02. The van der Waals surface area contributed by atoms with Gasteiger partial charge in [0.05, 0.1) is 23.9 Å². The summed E-state index contributed by atoms with van der Waals surface area (Å²) in [4.78, 5) is 11.5. The number of hydrogen-bond acceptors (Lipinski definition) is 6. The minimum Gasteiger partial charge on any atom is -0.465 e. The summed E-state index contributed by atoms with van der Waals surface area (Å²) < 4.78 is 68.0. The lowest BCUT2D eigenvalue weighted by Crippen LogP contribution is -2.33. The van der Waals surface area contributed by atoms with E-state index in [1.807, 2.05) is 0 Å². The Kier molecular flexibility index (Phi) is 7.62. The van der Waals surface area contributed by atoms with Gasteiger partial charge >= 0.3 is 5.97 Å². The Morgan fingerprint density at radius 1 is 1.25 bits per heavy atom. The van der Waals surface area contributed by atoms with Gasteiger partial charge in [-0.15, -0.1) is 0 Å². The molecule has 192 valence electrons. The third-order valence-corrected chi connectivity index (χ3v) is 8.27.